The monoisotopic (exact) mass is 167 g/mol. The minimum Gasteiger partial charge on any atom is -0.410 e. The summed E-state index contributed by atoms with van der Waals surface area (Å²) in [6.45, 7) is 2.60. The largest absolute Gasteiger partial charge is 0.410 e. The molecule has 0 spiro atoms. The van der Waals surface area contributed by atoms with Crippen LogP contribution in [0.4, 0.5) is 0 Å². The van der Waals surface area contributed by atoms with Crippen LogP contribution in [0.25, 0.3) is 0 Å². The van der Waals surface area contributed by atoms with Gasteiger partial charge in [0.1, 0.15) is 6.61 Å². The van der Waals surface area contributed by atoms with E-state index in [9.17, 15) is 4.79 Å². The first kappa shape index (κ1) is 8.77. The van der Waals surface area contributed by atoms with Gasteiger partial charge in [-0.05, 0) is 12.5 Å². The molecule has 1 aromatic rings. The molecule has 12 heavy (non-hydrogen) atoms. The summed E-state index contributed by atoms with van der Waals surface area (Å²) in [5.41, 5.74) is -0.423. The van der Waals surface area contributed by atoms with Gasteiger partial charge >= 0.3 is 5.69 Å². The van der Waals surface area contributed by atoms with Gasteiger partial charge in [0.15, 0.2) is 0 Å². The van der Waals surface area contributed by atoms with Crippen LogP contribution in [0.5, 0.6) is 0 Å². The van der Waals surface area contributed by atoms with Gasteiger partial charge in [0.2, 0.25) is 0 Å². The molecule has 0 aromatic carbocycles. The maximum Gasteiger partial charge on any atom is 0.381 e. The van der Waals surface area contributed by atoms with E-state index < -0.39 is 5.69 Å². The Labute approximate surface area is 70.8 Å². The predicted molar refractivity (Wildman–Crippen MR) is 43.7 cm³/mol. The maximum atomic E-state index is 10.9. The fraction of sp³-hybridized carbons (Fsp3) is 0.500. The lowest BCUT2D eigenvalue weighted by atomic mass is 10.4. The average Bonchev–Trinajstić information content (AvgIpc) is 2.09. The number of hydrogen-bond donors (Lipinski definition) is 0. The third-order valence-electron chi connectivity index (χ3n) is 1.36. The van der Waals surface area contributed by atoms with Gasteiger partial charge in [-0.1, -0.05) is 13.3 Å². The number of hydrogen-bond acceptors (Lipinski definition) is 3. The molecule has 1 rings (SSSR count). The second-order valence-electron chi connectivity index (χ2n) is 2.35. The van der Waals surface area contributed by atoms with Crippen LogP contribution < -0.4 is 10.5 Å². The zero-order valence-corrected chi connectivity index (χ0v) is 6.99. The molecule has 0 atom stereocenters. The van der Waals surface area contributed by atoms with Crippen LogP contribution in [0.15, 0.2) is 17.1 Å². The quantitative estimate of drug-likeness (QED) is 0.605. The lowest BCUT2D eigenvalue weighted by molar-refractivity contribution is 0.0960. The SMILES string of the molecule is CCCCOn1cc[c]nc1=O. The van der Waals surface area contributed by atoms with Crippen LogP contribution >= 0.6 is 0 Å². The molecule has 0 saturated carbocycles. The first-order valence-corrected chi connectivity index (χ1v) is 3.93. The van der Waals surface area contributed by atoms with Crippen LogP contribution in [-0.2, 0) is 0 Å². The maximum absolute atomic E-state index is 10.9. The molecule has 1 heterocycles. The molecule has 0 aliphatic carbocycles. The standard InChI is InChI=1S/C8H11N2O2/c1-2-3-7-12-10-6-4-5-9-8(10)11/h4,6H,2-3,7H2,1H3. The van der Waals surface area contributed by atoms with Crippen molar-refractivity contribution in [3.05, 3.63) is 28.9 Å². The molecular weight excluding hydrogens is 156 g/mol. The Morgan fingerprint density at radius 3 is 3.25 bits per heavy atom. The molecular formula is C8H11N2O2. The van der Waals surface area contributed by atoms with Crippen molar-refractivity contribution in [1.29, 1.82) is 0 Å². The fourth-order valence-electron chi connectivity index (χ4n) is 0.712. The van der Waals surface area contributed by atoms with Crippen molar-refractivity contribution in [2.75, 3.05) is 6.61 Å². The highest BCUT2D eigenvalue weighted by atomic mass is 16.7. The van der Waals surface area contributed by atoms with Crippen molar-refractivity contribution < 1.29 is 4.84 Å². The van der Waals surface area contributed by atoms with E-state index in [-0.39, 0.29) is 0 Å². The van der Waals surface area contributed by atoms with Gasteiger partial charge in [0, 0.05) is 0 Å². The van der Waals surface area contributed by atoms with Crippen molar-refractivity contribution >= 4 is 0 Å². The van der Waals surface area contributed by atoms with Gasteiger partial charge in [-0.2, -0.15) is 4.98 Å². The summed E-state index contributed by atoms with van der Waals surface area (Å²) in [5.74, 6) is 0. The van der Waals surface area contributed by atoms with E-state index in [1.54, 1.807) is 0 Å². The topological polar surface area (TPSA) is 44.1 Å². The van der Waals surface area contributed by atoms with E-state index in [0.29, 0.717) is 6.61 Å². The second-order valence-corrected chi connectivity index (χ2v) is 2.35. The van der Waals surface area contributed by atoms with Crippen LogP contribution in [0.2, 0.25) is 0 Å². The van der Waals surface area contributed by atoms with Crippen LogP contribution in [0.1, 0.15) is 19.8 Å². The summed E-state index contributed by atoms with van der Waals surface area (Å²) in [6.07, 6.45) is 5.91. The molecule has 0 fully saturated rings. The van der Waals surface area contributed by atoms with Crippen molar-refractivity contribution in [2.45, 2.75) is 19.8 Å². The van der Waals surface area contributed by atoms with Gasteiger partial charge < -0.3 is 4.84 Å². The number of nitrogens with zero attached hydrogens (tertiary/aromatic N) is 2. The molecule has 65 valence electrons. The molecule has 0 aliphatic heterocycles. The Hall–Kier alpha value is -1.32. The molecule has 1 aromatic heterocycles. The second kappa shape index (κ2) is 4.54. The van der Waals surface area contributed by atoms with Crippen molar-refractivity contribution in [2.24, 2.45) is 0 Å². The van der Waals surface area contributed by atoms with Gasteiger partial charge in [0.05, 0.1) is 12.4 Å². The zero-order valence-electron chi connectivity index (χ0n) is 6.99. The van der Waals surface area contributed by atoms with Crippen LogP contribution in [-0.4, -0.2) is 16.3 Å². The fourth-order valence-corrected chi connectivity index (χ4v) is 0.712. The van der Waals surface area contributed by atoms with Crippen LogP contribution in [0.3, 0.4) is 0 Å². The first-order valence-electron chi connectivity index (χ1n) is 3.93. The van der Waals surface area contributed by atoms with E-state index >= 15 is 0 Å². The summed E-state index contributed by atoms with van der Waals surface area (Å²) in [4.78, 5) is 19.4. The number of unbranched alkanes of at least 4 members (excludes halogenated alkanes) is 1. The number of rotatable bonds is 4. The Balaban J connectivity index is 2.52. The summed E-state index contributed by atoms with van der Waals surface area (Å²) >= 11 is 0. The molecule has 0 bridgehead atoms. The lowest BCUT2D eigenvalue weighted by Gasteiger charge is -2.04. The summed E-state index contributed by atoms with van der Waals surface area (Å²) in [6, 6.07) is 1.54. The Morgan fingerprint density at radius 1 is 1.75 bits per heavy atom. The molecule has 4 nitrogen and oxygen atoms in total. The highest BCUT2D eigenvalue weighted by molar-refractivity contribution is 4.76. The lowest BCUT2D eigenvalue weighted by Crippen LogP contribution is -2.28. The Morgan fingerprint density at radius 2 is 2.58 bits per heavy atom. The van der Waals surface area contributed by atoms with E-state index in [2.05, 4.69) is 18.1 Å². The Bertz CT molecular complexity index is 282. The molecule has 0 saturated heterocycles. The Kier molecular flexibility index (Phi) is 3.32. The van der Waals surface area contributed by atoms with Gasteiger partial charge in [-0.15, -0.1) is 4.73 Å². The average molecular weight is 167 g/mol. The molecule has 4 heteroatoms. The summed E-state index contributed by atoms with van der Waals surface area (Å²) in [5, 5.41) is 0. The van der Waals surface area contributed by atoms with Crippen LogP contribution in [0, 0.1) is 6.20 Å². The van der Waals surface area contributed by atoms with Gasteiger partial charge in [-0.25, -0.2) is 4.79 Å². The highest BCUT2D eigenvalue weighted by Gasteiger charge is 1.93. The van der Waals surface area contributed by atoms with Gasteiger partial charge in [-0.3, -0.25) is 0 Å². The van der Waals surface area contributed by atoms with Crippen molar-refractivity contribution in [3.63, 3.8) is 0 Å². The predicted octanol–water partition coefficient (Wildman–Crippen LogP) is 0.272. The van der Waals surface area contributed by atoms with E-state index in [4.69, 9.17) is 4.84 Å². The first-order chi connectivity index (χ1) is 5.84. The molecule has 0 unspecified atom stereocenters. The summed E-state index contributed by atoms with van der Waals surface area (Å²) < 4.78 is 1.12. The normalized spacial score (nSPS) is 9.75. The smallest absolute Gasteiger partial charge is 0.381 e. The third kappa shape index (κ3) is 2.38. The molecule has 1 radical (unpaired) electrons. The zero-order chi connectivity index (χ0) is 8.81. The minimum absolute atomic E-state index is 0.423. The molecule has 0 aliphatic rings. The number of aromatic nitrogens is 2. The summed E-state index contributed by atoms with van der Waals surface area (Å²) in [7, 11) is 0. The molecule has 0 N–H and O–H groups in total. The highest BCUT2D eigenvalue weighted by Crippen LogP contribution is 1.84. The van der Waals surface area contributed by atoms with Gasteiger partial charge in [0.25, 0.3) is 0 Å². The molecule has 0 amide bonds. The van der Waals surface area contributed by atoms with E-state index in [1.807, 2.05) is 0 Å². The van der Waals surface area contributed by atoms with E-state index in [0.717, 1.165) is 17.6 Å². The van der Waals surface area contributed by atoms with Crippen molar-refractivity contribution in [1.82, 2.24) is 9.71 Å². The van der Waals surface area contributed by atoms with E-state index in [1.165, 1.54) is 12.3 Å². The minimum atomic E-state index is -0.423. The van der Waals surface area contributed by atoms with Crippen molar-refractivity contribution in [3.8, 4) is 0 Å². The third-order valence-corrected chi connectivity index (χ3v) is 1.36.